The van der Waals surface area contributed by atoms with Gasteiger partial charge in [-0.3, -0.25) is 14.5 Å². The van der Waals surface area contributed by atoms with E-state index in [-0.39, 0.29) is 11.3 Å². The Hall–Kier alpha value is -1.42. The predicted molar refractivity (Wildman–Crippen MR) is 80.3 cm³/mol. The first kappa shape index (κ1) is 15.0. The normalized spacial score (nSPS) is 15.2. The molecule has 0 aliphatic carbocycles. The van der Waals surface area contributed by atoms with Crippen LogP contribution in [0.2, 0.25) is 0 Å². The summed E-state index contributed by atoms with van der Waals surface area (Å²) in [7, 11) is 0. The van der Waals surface area contributed by atoms with E-state index < -0.39 is 0 Å². The summed E-state index contributed by atoms with van der Waals surface area (Å²) in [5.41, 5.74) is 2.53. The lowest BCUT2D eigenvalue weighted by Crippen LogP contribution is -2.37. The summed E-state index contributed by atoms with van der Waals surface area (Å²) < 4.78 is 1.85. The lowest BCUT2D eigenvalue weighted by Gasteiger charge is -2.30. The molecule has 4 nitrogen and oxygen atoms in total. The second-order valence-corrected chi connectivity index (χ2v) is 5.52. The van der Waals surface area contributed by atoms with Crippen LogP contribution in [0.15, 0.2) is 10.9 Å². The van der Waals surface area contributed by atoms with Gasteiger partial charge in [0.05, 0.1) is 5.56 Å². The Labute approximate surface area is 120 Å². The molecule has 1 aromatic rings. The first-order valence-corrected chi connectivity index (χ1v) is 7.57. The molecule has 2 rings (SSSR count). The molecule has 0 fully saturated rings. The fraction of sp³-hybridized carbons (Fsp3) is 0.625. The molecule has 1 aliphatic heterocycles. The Kier molecular flexibility index (Phi) is 4.76. The maximum Gasteiger partial charge on any atom is 0.261 e. The number of carbonyl (C=O) groups excluding carboxylic acids is 1. The highest BCUT2D eigenvalue weighted by Gasteiger charge is 2.22. The zero-order valence-corrected chi connectivity index (χ0v) is 12.7. The van der Waals surface area contributed by atoms with E-state index in [4.69, 9.17) is 0 Å². The van der Waals surface area contributed by atoms with Crippen molar-refractivity contribution in [3.8, 4) is 0 Å². The van der Waals surface area contributed by atoms with Crippen LogP contribution in [0.3, 0.4) is 0 Å². The van der Waals surface area contributed by atoms with Gasteiger partial charge in [0.2, 0.25) is 0 Å². The minimum atomic E-state index is -0.128. The van der Waals surface area contributed by atoms with E-state index in [0.717, 1.165) is 56.7 Å². The minimum Gasteiger partial charge on any atom is -0.312 e. The van der Waals surface area contributed by atoms with Crippen LogP contribution < -0.4 is 5.56 Å². The zero-order valence-electron chi connectivity index (χ0n) is 12.7. The SMILES string of the molecule is CCCCn1c2c(cc(C(C)=O)c1=O)CN(CC)CC2. The summed E-state index contributed by atoms with van der Waals surface area (Å²) in [5, 5.41) is 0. The van der Waals surface area contributed by atoms with Crippen molar-refractivity contribution in [3.05, 3.63) is 33.2 Å². The molecule has 0 radical (unpaired) electrons. The number of likely N-dealkylation sites (N-methyl/N-ethyl adjacent to an activating group) is 1. The van der Waals surface area contributed by atoms with Gasteiger partial charge in [0.25, 0.3) is 5.56 Å². The van der Waals surface area contributed by atoms with Crippen molar-refractivity contribution in [3.63, 3.8) is 0 Å². The maximum atomic E-state index is 12.5. The molecule has 4 heteroatoms. The summed E-state index contributed by atoms with van der Waals surface area (Å²) in [6, 6.07) is 1.82. The molecular weight excluding hydrogens is 252 g/mol. The van der Waals surface area contributed by atoms with Crippen LogP contribution in [0.1, 0.15) is 55.2 Å². The molecule has 0 N–H and O–H groups in total. The van der Waals surface area contributed by atoms with Crippen molar-refractivity contribution in [2.45, 2.75) is 53.1 Å². The third-order valence-corrected chi connectivity index (χ3v) is 4.11. The van der Waals surface area contributed by atoms with Crippen molar-refractivity contribution in [1.29, 1.82) is 0 Å². The number of ketones is 1. The fourth-order valence-electron chi connectivity index (χ4n) is 2.85. The summed E-state index contributed by atoms with van der Waals surface area (Å²) in [6.45, 7) is 9.31. The highest BCUT2D eigenvalue weighted by Crippen LogP contribution is 2.19. The number of rotatable bonds is 5. The van der Waals surface area contributed by atoms with Crippen molar-refractivity contribution in [2.24, 2.45) is 0 Å². The maximum absolute atomic E-state index is 12.5. The van der Waals surface area contributed by atoms with Gasteiger partial charge in [-0.15, -0.1) is 0 Å². The van der Waals surface area contributed by atoms with E-state index in [1.165, 1.54) is 6.92 Å². The number of nitrogens with zero attached hydrogens (tertiary/aromatic N) is 2. The number of aromatic nitrogens is 1. The van der Waals surface area contributed by atoms with E-state index in [2.05, 4.69) is 18.7 Å². The van der Waals surface area contributed by atoms with Crippen molar-refractivity contribution in [1.82, 2.24) is 9.47 Å². The third-order valence-electron chi connectivity index (χ3n) is 4.11. The van der Waals surface area contributed by atoms with Crippen molar-refractivity contribution in [2.75, 3.05) is 13.1 Å². The minimum absolute atomic E-state index is 0.102. The van der Waals surface area contributed by atoms with Gasteiger partial charge in [0.15, 0.2) is 5.78 Å². The molecule has 0 amide bonds. The number of carbonyl (C=O) groups is 1. The van der Waals surface area contributed by atoms with Gasteiger partial charge in [-0.2, -0.15) is 0 Å². The Balaban J connectivity index is 2.51. The lowest BCUT2D eigenvalue weighted by molar-refractivity contribution is 0.101. The first-order valence-electron chi connectivity index (χ1n) is 7.57. The van der Waals surface area contributed by atoms with Gasteiger partial charge in [0.1, 0.15) is 0 Å². The van der Waals surface area contributed by atoms with E-state index in [1.807, 2.05) is 10.6 Å². The number of Topliss-reactive ketones (excluding diaryl/α,β-unsaturated/α-hetero) is 1. The van der Waals surface area contributed by atoms with E-state index in [1.54, 1.807) is 0 Å². The number of hydrogen-bond acceptors (Lipinski definition) is 3. The number of unbranched alkanes of at least 4 members (excludes halogenated alkanes) is 1. The fourth-order valence-corrected chi connectivity index (χ4v) is 2.85. The monoisotopic (exact) mass is 276 g/mol. The van der Waals surface area contributed by atoms with Crippen LogP contribution in [-0.4, -0.2) is 28.3 Å². The van der Waals surface area contributed by atoms with Crippen molar-refractivity contribution < 1.29 is 4.79 Å². The first-order chi connectivity index (χ1) is 9.58. The molecule has 0 saturated carbocycles. The second-order valence-electron chi connectivity index (χ2n) is 5.52. The molecule has 110 valence electrons. The van der Waals surface area contributed by atoms with Crippen LogP contribution >= 0.6 is 0 Å². The Morgan fingerprint density at radius 2 is 2.10 bits per heavy atom. The topological polar surface area (TPSA) is 42.3 Å². The van der Waals surface area contributed by atoms with E-state index in [9.17, 15) is 9.59 Å². The summed E-state index contributed by atoms with van der Waals surface area (Å²) in [5.74, 6) is -0.128. The van der Waals surface area contributed by atoms with Crippen LogP contribution in [0.5, 0.6) is 0 Å². The van der Waals surface area contributed by atoms with Crippen LogP contribution in [0.4, 0.5) is 0 Å². The standard InChI is InChI=1S/C16H24N2O2/c1-4-6-8-18-15-7-9-17(5-2)11-13(15)10-14(12(3)19)16(18)20/h10H,4-9,11H2,1-3H3. The molecule has 0 aromatic carbocycles. The lowest BCUT2D eigenvalue weighted by atomic mass is 10.0. The quantitative estimate of drug-likeness (QED) is 0.775. The highest BCUT2D eigenvalue weighted by molar-refractivity contribution is 5.93. The molecule has 0 spiro atoms. The number of fused-ring (bicyclic) bond motifs is 1. The molecule has 0 atom stereocenters. The third kappa shape index (κ3) is 2.85. The molecule has 1 aliphatic rings. The Morgan fingerprint density at radius 3 is 2.70 bits per heavy atom. The van der Waals surface area contributed by atoms with Gasteiger partial charge in [-0.05, 0) is 31.5 Å². The average Bonchev–Trinajstić information content (AvgIpc) is 2.45. The smallest absolute Gasteiger partial charge is 0.261 e. The largest absolute Gasteiger partial charge is 0.312 e. The molecule has 2 heterocycles. The zero-order chi connectivity index (χ0) is 14.7. The molecule has 1 aromatic heterocycles. The summed E-state index contributed by atoms with van der Waals surface area (Å²) in [6.07, 6.45) is 2.93. The van der Waals surface area contributed by atoms with Gasteiger partial charge in [-0.1, -0.05) is 20.3 Å². The number of pyridine rings is 1. The highest BCUT2D eigenvalue weighted by atomic mass is 16.1. The average molecular weight is 276 g/mol. The molecule has 0 bridgehead atoms. The molecular formula is C16H24N2O2. The molecule has 20 heavy (non-hydrogen) atoms. The van der Waals surface area contributed by atoms with Gasteiger partial charge >= 0.3 is 0 Å². The van der Waals surface area contributed by atoms with Gasteiger partial charge < -0.3 is 4.57 Å². The van der Waals surface area contributed by atoms with Crippen LogP contribution in [0.25, 0.3) is 0 Å². The van der Waals surface area contributed by atoms with Gasteiger partial charge in [0, 0.05) is 31.7 Å². The van der Waals surface area contributed by atoms with Gasteiger partial charge in [-0.25, -0.2) is 0 Å². The second kappa shape index (κ2) is 6.35. The van der Waals surface area contributed by atoms with Crippen LogP contribution in [-0.2, 0) is 19.5 Å². The number of hydrogen-bond donors (Lipinski definition) is 0. The Bertz CT molecular complexity index is 560. The van der Waals surface area contributed by atoms with Crippen LogP contribution in [0, 0.1) is 0 Å². The molecule has 0 saturated heterocycles. The van der Waals surface area contributed by atoms with E-state index in [0.29, 0.717) is 5.56 Å². The predicted octanol–water partition coefficient (Wildman–Crippen LogP) is 2.23. The van der Waals surface area contributed by atoms with Crippen molar-refractivity contribution >= 4 is 5.78 Å². The van der Waals surface area contributed by atoms with E-state index >= 15 is 0 Å². The summed E-state index contributed by atoms with van der Waals surface area (Å²) in [4.78, 5) is 26.5. The summed E-state index contributed by atoms with van der Waals surface area (Å²) >= 11 is 0. The Morgan fingerprint density at radius 1 is 1.35 bits per heavy atom. The molecule has 0 unspecified atom stereocenters.